The van der Waals surface area contributed by atoms with Gasteiger partial charge in [-0.05, 0) is 30.3 Å². The number of carbonyl (C=O) groups excluding carboxylic acids is 1. The fourth-order valence-electron chi connectivity index (χ4n) is 3.05. The van der Waals surface area contributed by atoms with Crippen molar-refractivity contribution < 1.29 is 23.4 Å². The summed E-state index contributed by atoms with van der Waals surface area (Å²) < 4.78 is 21.7. The zero-order chi connectivity index (χ0) is 21.1. The summed E-state index contributed by atoms with van der Waals surface area (Å²) in [7, 11) is 4.50. The Hall–Kier alpha value is -4.07. The highest BCUT2D eigenvalue weighted by molar-refractivity contribution is 6.05. The van der Waals surface area contributed by atoms with Gasteiger partial charge < -0.3 is 23.9 Å². The molecule has 4 aromatic rings. The van der Waals surface area contributed by atoms with E-state index in [4.69, 9.17) is 18.6 Å². The number of ether oxygens (including phenoxy) is 3. The maximum atomic E-state index is 12.8. The quantitative estimate of drug-likeness (QED) is 0.514. The lowest BCUT2D eigenvalue weighted by Gasteiger charge is -2.14. The summed E-state index contributed by atoms with van der Waals surface area (Å²) in [6, 6.07) is 12.2. The van der Waals surface area contributed by atoms with Gasteiger partial charge in [0.15, 0.2) is 17.1 Å². The third-order valence-electron chi connectivity index (χ3n) is 4.48. The second kappa shape index (κ2) is 8.12. The summed E-state index contributed by atoms with van der Waals surface area (Å²) >= 11 is 0. The summed E-state index contributed by atoms with van der Waals surface area (Å²) in [6.07, 6.45) is 3.28. The van der Waals surface area contributed by atoms with E-state index in [0.29, 0.717) is 45.5 Å². The van der Waals surface area contributed by atoms with Crippen LogP contribution in [0.5, 0.6) is 17.2 Å². The molecule has 0 saturated heterocycles. The van der Waals surface area contributed by atoms with E-state index in [1.165, 1.54) is 21.3 Å². The van der Waals surface area contributed by atoms with Gasteiger partial charge in [-0.3, -0.25) is 9.78 Å². The van der Waals surface area contributed by atoms with Crippen molar-refractivity contribution in [2.45, 2.75) is 0 Å². The normalized spacial score (nSPS) is 10.6. The number of fused-ring (bicyclic) bond motifs is 1. The average molecular weight is 405 g/mol. The van der Waals surface area contributed by atoms with E-state index in [1.807, 2.05) is 12.1 Å². The van der Waals surface area contributed by atoms with E-state index in [9.17, 15) is 4.79 Å². The summed E-state index contributed by atoms with van der Waals surface area (Å²) in [6.45, 7) is 0. The minimum Gasteiger partial charge on any atom is -0.493 e. The molecule has 152 valence electrons. The summed E-state index contributed by atoms with van der Waals surface area (Å²) in [4.78, 5) is 21.3. The van der Waals surface area contributed by atoms with Gasteiger partial charge in [-0.25, -0.2) is 4.98 Å². The molecule has 4 rings (SSSR count). The van der Waals surface area contributed by atoms with Gasteiger partial charge in [-0.15, -0.1) is 0 Å². The lowest BCUT2D eigenvalue weighted by molar-refractivity contribution is 0.102. The van der Waals surface area contributed by atoms with Gasteiger partial charge in [-0.1, -0.05) is 6.07 Å². The zero-order valence-corrected chi connectivity index (χ0v) is 16.6. The third-order valence-corrected chi connectivity index (χ3v) is 4.48. The first-order valence-electron chi connectivity index (χ1n) is 9.05. The Morgan fingerprint density at radius 2 is 1.77 bits per heavy atom. The van der Waals surface area contributed by atoms with Crippen LogP contribution in [0.3, 0.4) is 0 Å². The van der Waals surface area contributed by atoms with Crippen LogP contribution in [-0.4, -0.2) is 37.2 Å². The Kier molecular flexibility index (Phi) is 5.21. The number of oxazole rings is 1. The van der Waals surface area contributed by atoms with E-state index < -0.39 is 0 Å². The number of hydrogen-bond acceptors (Lipinski definition) is 7. The molecular formula is C22H19N3O5. The number of benzene rings is 2. The largest absolute Gasteiger partial charge is 0.493 e. The fraction of sp³-hybridized carbons (Fsp3) is 0.136. The molecule has 0 aliphatic carbocycles. The molecule has 0 spiro atoms. The molecule has 0 unspecified atom stereocenters. The monoisotopic (exact) mass is 405 g/mol. The van der Waals surface area contributed by atoms with Crippen LogP contribution in [0.4, 0.5) is 5.69 Å². The summed E-state index contributed by atoms with van der Waals surface area (Å²) in [5.41, 5.74) is 2.99. The van der Waals surface area contributed by atoms with Crippen molar-refractivity contribution in [1.82, 2.24) is 9.97 Å². The summed E-state index contributed by atoms with van der Waals surface area (Å²) in [5.74, 6) is 1.34. The van der Waals surface area contributed by atoms with Gasteiger partial charge in [0, 0.05) is 29.1 Å². The van der Waals surface area contributed by atoms with Gasteiger partial charge in [-0.2, -0.15) is 0 Å². The smallest absolute Gasteiger partial charge is 0.255 e. The molecule has 0 bridgehead atoms. The van der Waals surface area contributed by atoms with Gasteiger partial charge >= 0.3 is 0 Å². The Bertz CT molecular complexity index is 1160. The van der Waals surface area contributed by atoms with Crippen LogP contribution < -0.4 is 19.5 Å². The van der Waals surface area contributed by atoms with Crippen molar-refractivity contribution in [3.8, 4) is 28.7 Å². The number of nitrogens with zero attached hydrogens (tertiary/aromatic N) is 2. The highest BCUT2D eigenvalue weighted by atomic mass is 16.5. The fourth-order valence-corrected chi connectivity index (χ4v) is 3.05. The Morgan fingerprint density at radius 3 is 2.43 bits per heavy atom. The van der Waals surface area contributed by atoms with Gasteiger partial charge in [0.2, 0.25) is 11.6 Å². The van der Waals surface area contributed by atoms with E-state index in [-0.39, 0.29) is 5.91 Å². The maximum absolute atomic E-state index is 12.8. The van der Waals surface area contributed by atoms with Crippen LogP contribution in [-0.2, 0) is 0 Å². The number of anilines is 1. The molecule has 8 nitrogen and oxygen atoms in total. The van der Waals surface area contributed by atoms with E-state index in [0.717, 1.165) is 5.56 Å². The van der Waals surface area contributed by atoms with Gasteiger partial charge in [0.1, 0.15) is 5.52 Å². The van der Waals surface area contributed by atoms with Crippen LogP contribution >= 0.6 is 0 Å². The molecule has 0 aliphatic heterocycles. The number of amides is 1. The Labute approximate surface area is 172 Å². The van der Waals surface area contributed by atoms with E-state index in [2.05, 4.69) is 15.3 Å². The number of aromatic nitrogens is 2. The molecule has 2 heterocycles. The topological polar surface area (TPSA) is 95.7 Å². The van der Waals surface area contributed by atoms with Crippen molar-refractivity contribution in [2.75, 3.05) is 26.6 Å². The third kappa shape index (κ3) is 3.62. The van der Waals surface area contributed by atoms with E-state index in [1.54, 1.807) is 42.7 Å². The lowest BCUT2D eigenvalue weighted by atomic mass is 10.1. The van der Waals surface area contributed by atoms with Crippen LogP contribution in [0.25, 0.3) is 22.6 Å². The Morgan fingerprint density at radius 1 is 1.00 bits per heavy atom. The predicted molar refractivity (Wildman–Crippen MR) is 111 cm³/mol. The van der Waals surface area contributed by atoms with E-state index >= 15 is 0 Å². The van der Waals surface area contributed by atoms with Gasteiger partial charge in [0.05, 0.1) is 27.5 Å². The molecule has 2 aromatic carbocycles. The first-order valence-corrected chi connectivity index (χ1v) is 9.05. The molecule has 8 heteroatoms. The second-order valence-electron chi connectivity index (χ2n) is 6.31. The molecule has 1 amide bonds. The highest BCUT2D eigenvalue weighted by Gasteiger charge is 2.17. The first kappa shape index (κ1) is 19.3. The lowest BCUT2D eigenvalue weighted by Crippen LogP contribution is -2.12. The predicted octanol–water partition coefficient (Wildman–Crippen LogP) is 4.17. The standard InChI is InChI=1S/C22H19N3O5/c1-27-18-10-14(11-19(28-2)20(18)29-3)21(26)24-15-6-4-5-13(9-15)22-25-16-12-23-8-7-17(16)30-22/h4-12H,1-3H3,(H,24,26). The van der Waals surface area contributed by atoms with Crippen LogP contribution in [0.1, 0.15) is 10.4 Å². The molecule has 2 aromatic heterocycles. The second-order valence-corrected chi connectivity index (χ2v) is 6.31. The highest BCUT2D eigenvalue weighted by Crippen LogP contribution is 2.38. The summed E-state index contributed by atoms with van der Waals surface area (Å²) in [5, 5.41) is 2.87. The molecule has 0 atom stereocenters. The number of carbonyl (C=O) groups is 1. The molecule has 0 aliphatic rings. The Balaban J connectivity index is 1.62. The number of nitrogens with one attached hydrogen (secondary N) is 1. The molecule has 0 saturated carbocycles. The number of hydrogen-bond donors (Lipinski definition) is 1. The molecule has 0 fully saturated rings. The number of rotatable bonds is 6. The van der Waals surface area contributed by atoms with Crippen molar-refractivity contribution in [3.63, 3.8) is 0 Å². The maximum Gasteiger partial charge on any atom is 0.255 e. The molecule has 1 N–H and O–H groups in total. The van der Waals surface area contributed by atoms with Crippen molar-refractivity contribution in [2.24, 2.45) is 0 Å². The van der Waals surface area contributed by atoms with Crippen LogP contribution in [0.15, 0.2) is 59.3 Å². The SMILES string of the molecule is COc1cc(C(=O)Nc2cccc(-c3nc4cnccc4o3)c2)cc(OC)c1OC. The average Bonchev–Trinajstić information content (AvgIpc) is 3.22. The zero-order valence-electron chi connectivity index (χ0n) is 16.6. The number of pyridine rings is 1. The van der Waals surface area contributed by atoms with Gasteiger partial charge in [0.25, 0.3) is 5.91 Å². The molecule has 0 radical (unpaired) electrons. The first-order chi connectivity index (χ1) is 14.6. The minimum absolute atomic E-state index is 0.326. The van der Waals surface area contributed by atoms with Crippen molar-refractivity contribution in [3.05, 3.63) is 60.4 Å². The van der Waals surface area contributed by atoms with Crippen molar-refractivity contribution >= 4 is 22.7 Å². The van der Waals surface area contributed by atoms with Crippen LogP contribution in [0.2, 0.25) is 0 Å². The minimum atomic E-state index is -0.326. The van der Waals surface area contributed by atoms with Crippen molar-refractivity contribution in [1.29, 1.82) is 0 Å². The van der Waals surface area contributed by atoms with Crippen LogP contribution in [0, 0.1) is 0 Å². The number of methoxy groups -OCH3 is 3. The molecular weight excluding hydrogens is 386 g/mol. The molecule has 30 heavy (non-hydrogen) atoms.